The average Bonchev–Trinajstić information content (AvgIpc) is 2.38. The van der Waals surface area contributed by atoms with Crippen molar-refractivity contribution < 1.29 is 8.42 Å². The second-order valence-corrected chi connectivity index (χ2v) is 6.17. The molecule has 1 atom stereocenters. The van der Waals surface area contributed by atoms with Gasteiger partial charge in [-0.25, -0.2) is 0 Å². The number of rotatable bonds is 4. The van der Waals surface area contributed by atoms with Crippen molar-refractivity contribution >= 4 is 27.4 Å². The van der Waals surface area contributed by atoms with E-state index in [2.05, 4.69) is 6.07 Å². The van der Waals surface area contributed by atoms with Gasteiger partial charge in [-0.3, -0.25) is 0 Å². The molecule has 2 aromatic carbocycles. The fourth-order valence-corrected chi connectivity index (χ4v) is 3.60. The second-order valence-electron chi connectivity index (χ2n) is 4.16. The average molecular weight is 290 g/mol. The summed E-state index contributed by atoms with van der Waals surface area (Å²) in [6, 6.07) is 17.7. The molecule has 2 aromatic rings. The molecule has 4 heteroatoms. The summed E-state index contributed by atoms with van der Waals surface area (Å²) in [6.07, 6.45) is 0. The zero-order valence-electron chi connectivity index (χ0n) is 10.5. The molecule has 0 heterocycles. The molecule has 0 saturated carbocycles. The van der Waals surface area contributed by atoms with Crippen LogP contribution < -0.4 is 0 Å². The van der Waals surface area contributed by atoms with Gasteiger partial charge in [0.05, 0.1) is 10.6 Å². The van der Waals surface area contributed by atoms with Gasteiger partial charge in [0.25, 0.3) is 0 Å². The van der Waals surface area contributed by atoms with Crippen molar-refractivity contribution in [2.45, 2.75) is 17.1 Å². The van der Waals surface area contributed by atoms with Gasteiger partial charge in [-0.15, -0.1) is 11.8 Å². The maximum atomic E-state index is 11.0. The van der Waals surface area contributed by atoms with Gasteiger partial charge in [0.2, 0.25) is 10.3 Å². The Morgan fingerprint density at radius 1 is 1.05 bits per heavy atom. The Labute approximate surface area is 119 Å². The van der Waals surface area contributed by atoms with Crippen LogP contribution >= 0.6 is 11.8 Å². The Balaban J connectivity index is 2.32. The van der Waals surface area contributed by atoms with E-state index in [0.29, 0.717) is 0 Å². The Bertz CT molecular complexity index is 668. The van der Waals surface area contributed by atoms with Crippen LogP contribution in [0.4, 0.5) is 0 Å². The molecular formula is C15H14O2S2. The zero-order valence-corrected chi connectivity index (χ0v) is 12.1. The van der Waals surface area contributed by atoms with Crippen LogP contribution in [0.1, 0.15) is 16.4 Å². The highest BCUT2D eigenvalue weighted by Gasteiger charge is 2.11. The van der Waals surface area contributed by atoms with Gasteiger partial charge >= 0.3 is 0 Å². The zero-order chi connectivity index (χ0) is 13.7. The predicted molar refractivity (Wildman–Crippen MR) is 81.2 cm³/mol. The molecule has 0 bridgehead atoms. The first-order valence-corrected chi connectivity index (χ1v) is 7.88. The molecule has 0 amide bonds. The molecule has 0 aliphatic carbocycles. The lowest BCUT2D eigenvalue weighted by atomic mass is 10.2. The second kappa shape index (κ2) is 6.59. The van der Waals surface area contributed by atoms with Crippen LogP contribution in [0.2, 0.25) is 0 Å². The highest BCUT2D eigenvalue weighted by atomic mass is 32.2. The van der Waals surface area contributed by atoms with E-state index in [1.165, 1.54) is 22.7 Å². The predicted octanol–water partition coefficient (Wildman–Crippen LogP) is 3.51. The molecule has 2 rings (SSSR count). The summed E-state index contributed by atoms with van der Waals surface area (Å²) in [5, 5.41) is 1.14. The molecule has 0 spiro atoms. The summed E-state index contributed by atoms with van der Waals surface area (Å²) in [6.45, 7) is 2.02. The lowest BCUT2D eigenvalue weighted by Gasteiger charge is -2.11. The Morgan fingerprint density at radius 3 is 2.42 bits per heavy atom. The highest BCUT2D eigenvalue weighted by molar-refractivity contribution is 8.00. The molecule has 98 valence electrons. The van der Waals surface area contributed by atoms with Crippen molar-refractivity contribution in [3.63, 3.8) is 0 Å². The van der Waals surface area contributed by atoms with Crippen LogP contribution in [0.3, 0.4) is 0 Å². The van der Waals surface area contributed by atoms with Gasteiger partial charge in [-0.05, 0) is 24.6 Å². The first kappa shape index (κ1) is 13.9. The van der Waals surface area contributed by atoms with Gasteiger partial charge in [-0.1, -0.05) is 48.0 Å². The SMILES string of the molecule is Cc1cccc(SC(C=S(=O)=O)c2ccccc2)c1. The molecule has 0 saturated heterocycles. The van der Waals surface area contributed by atoms with E-state index in [-0.39, 0.29) is 5.25 Å². The third kappa shape index (κ3) is 4.26. The number of hydrogen-bond acceptors (Lipinski definition) is 3. The lowest BCUT2D eigenvalue weighted by molar-refractivity contribution is 0.627. The van der Waals surface area contributed by atoms with E-state index in [1.807, 2.05) is 55.5 Å². The van der Waals surface area contributed by atoms with Crippen molar-refractivity contribution in [1.29, 1.82) is 0 Å². The largest absolute Gasteiger partial charge is 0.211 e. The molecule has 0 N–H and O–H groups in total. The molecule has 2 nitrogen and oxygen atoms in total. The third-order valence-electron chi connectivity index (χ3n) is 2.62. The van der Waals surface area contributed by atoms with E-state index < -0.39 is 10.3 Å². The number of benzene rings is 2. The monoisotopic (exact) mass is 290 g/mol. The minimum atomic E-state index is -2.17. The van der Waals surface area contributed by atoms with Gasteiger partial charge in [-0.2, -0.15) is 8.42 Å². The maximum Gasteiger partial charge on any atom is 0.211 e. The topological polar surface area (TPSA) is 34.1 Å². The van der Waals surface area contributed by atoms with Crippen molar-refractivity contribution in [2.75, 3.05) is 0 Å². The summed E-state index contributed by atoms with van der Waals surface area (Å²) in [7, 11) is -2.17. The fourth-order valence-electron chi connectivity index (χ4n) is 1.75. The quantitative estimate of drug-likeness (QED) is 0.638. The van der Waals surface area contributed by atoms with Gasteiger partial charge < -0.3 is 0 Å². The van der Waals surface area contributed by atoms with E-state index in [9.17, 15) is 8.42 Å². The summed E-state index contributed by atoms with van der Waals surface area (Å²) in [4.78, 5) is 1.07. The van der Waals surface area contributed by atoms with Crippen molar-refractivity contribution in [2.24, 2.45) is 0 Å². The van der Waals surface area contributed by atoms with Crippen LogP contribution in [0.15, 0.2) is 59.5 Å². The summed E-state index contributed by atoms with van der Waals surface area (Å²) in [5.74, 6) is 0. The molecule has 0 aromatic heterocycles. The van der Waals surface area contributed by atoms with Crippen molar-refractivity contribution in [1.82, 2.24) is 0 Å². The number of thioether (sulfide) groups is 1. The highest BCUT2D eigenvalue weighted by Crippen LogP contribution is 2.33. The summed E-state index contributed by atoms with van der Waals surface area (Å²) in [5.41, 5.74) is 2.15. The van der Waals surface area contributed by atoms with Crippen LogP contribution in [0, 0.1) is 6.92 Å². The van der Waals surface area contributed by atoms with Gasteiger partial charge in [0, 0.05) is 4.90 Å². The van der Waals surface area contributed by atoms with Crippen LogP contribution in [-0.4, -0.2) is 13.8 Å². The van der Waals surface area contributed by atoms with Crippen LogP contribution in [0.5, 0.6) is 0 Å². The lowest BCUT2D eigenvalue weighted by Crippen LogP contribution is -1.96. The van der Waals surface area contributed by atoms with Crippen molar-refractivity contribution in [3.05, 3.63) is 65.7 Å². The Hall–Kier alpha value is -1.52. The van der Waals surface area contributed by atoms with Gasteiger partial charge in [0.15, 0.2) is 0 Å². The summed E-state index contributed by atoms with van der Waals surface area (Å²) < 4.78 is 21.9. The van der Waals surface area contributed by atoms with E-state index in [1.54, 1.807) is 0 Å². The minimum Gasteiger partial charge on any atom is -0.185 e. The first-order valence-electron chi connectivity index (χ1n) is 5.86. The fraction of sp³-hybridized carbons (Fsp3) is 0.133. The first-order chi connectivity index (χ1) is 9.15. The molecule has 0 aliphatic rings. The van der Waals surface area contributed by atoms with Crippen LogP contribution in [-0.2, 0) is 10.3 Å². The van der Waals surface area contributed by atoms with Gasteiger partial charge in [0.1, 0.15) is 0 Å². The van der Waals surface area contributed by atoms with Crippen molar-refractivity contribution in [3.8, 4) is 0 Å². The Kier molecular flexibility index (Phi) is 4.82. The van der Waals surface area contributed by atoms with E-state index >= 15 is 0 Å². The molecule has 0 fully saturated rings. The molecule has 0 radical (unpaired) electrons. The third-order valence-corrected chi connectivity index (χ3v) is 4.47. The minimum absolute atomic E-state index is 0.193. The maximum absolute atomic E-state index is 11.0. The molecule has 19 heavy (non-hydrogen) atoms. The normalized spacial score (nSPS) is 11.8. The Morgan fingerprint density at radius 2 is 1.79 bits per heavy atom. The molecule has 0 aliphatic heterocycles. The van der Waals surface area contributed by atoms with E-state index in [0.717, 1.165) is 10.5 Å². The standard InChI is InChI=1S/C15H14O2S2/c1-12-6-5-9-14(10-12)18-15(11-19(16)17)13-7-3-2-4-8-13/h2-11,15H,1H3. The van der Waals surface area contributed by atoms with Crippen LogP contribution in [0.25, 0.3) is 0 Å². The smallest absolute Gasteiger partial charge is 0.185 e. The van der Waals surface area contributed by atoms with E-state index in [4.69, 9.17) is 0 Å². The molecule has 1 unspecified atom stereocenters. The number of aryl methyl sites for hydroxylation is 1. The summed E-state index contributed by atoms with van der Waals surface area (Å²) >= 11 is 1.54. The molecular weight excluding hydrogens is 276 g/mol. The number of hydrogen-bond donors (Lipinski definition) is 0.